The van der Waals surface area contributed by atoms with E-state index in [1.165, 1.54) is 6.07 Å². The van der Waals surface area contributed by atoms with Gasteiger partial charge in [-0.2, -0.15) is 0 Å². The highest BCUT2D eigenvalue weighted by molar-refractivity contribution is 7.89. The van der Waals surface area contributed by atoms with Crippen molar-refractivity contribution in [2.75, 3.05) is 20.6 Å². The summed E-state index contributed by atoms with van der Waals surface area (Å²) in [5, 5.41) is -0.0858. The summed E-state index contributed by atoms with van der Waals surface area (Å²) >= 11 is 0. The van der Waals surface area contributed by atoms with Crippen LogP contribution in [0, 0.1) is 5.92 Å². The van der Waals surface area contributed by atoms with Crippen LogP contribution in [0.2, 0.25) is 0 Å². The molecule has 0 bridgehead atoms. The molecule has 0 aliphatic heterocycles. The van der Waals surface area contributed by atoms with Gasteiger partial charge in [-0.25, -0.2) is 13.1 Å². The van der Waals surface area contributed by atoms with Crippen LogP contribution in [0.4, 0.5) is 0 Å². The Morgan fingerprint density at radius 1 is 1.37 bits per heavy atom. The Balaban J connectivity index is 2.87. The lowest BCUT2D eigenvalue weighted by atomic mass is 10.1. The molecule has 0 spiro atoms. The molecule has 0 fully saturated rings. The average Bonchev–Trinajstić information content (AvgIpc) is 2.76. The number of furan rings is 1. The Hall–Kier alpha value is -0.890. The SMILES string of the molecule is CC(C)C(CN(C)C)NS(=O)(=O)c1ccc(CN)o1. The minimum absolute atomic E-state index is 0.0858. The molecule has 0 amide bonds. The van der Waals surface area contributed by atoms with E-state index in [-0.39, 0.29) is 23.6 Å². The van der Waals surface area contributed by atoms with E-state index in [1.807, 2.05) is 32.8 Å². The predicted octanol–water partition coefficient (Wildman–Crippen LogP) is 0.603. The van der Waals surface area contributed by atoms with E-state index in [4.69, 9.17) is 10.2 Å². The van der Waals surface area contributed by atoms with E-state index in [0.717, 1.165) is 0 Å². The summed E-state index contributed by atoms with van der Waals surface area (Å²) in [6.07, 6.45) is 0. The van der Waals surface area contributed by atoms with Crippen LogP contribution in [0.5, 0.6) is 0 Å². The summed E-state index contributed by atoms with van der Waals surface area (Å²) in [5.74, 6) is 0.634. The quantitative estimate of drug-likeness (QED) is 0.767. The minimum atomic E-state index is -3.64. The first-order valence-corrected chi connectivity index (χ1v) is 7.70. The molecular weight excluding hydrogens is 266 g/mol. The molecule has 1 rings (SSSR count). The number of rotatable bonds is 7. The topological polar surface area (TPSA) is 88.6 Å². The van der Waals surface area contributed by atoms with Gasteiger partial charge in [-0.15, -0.1) is 0 Å². The van der Waals surface area contributed by atoms with Crippen molar-refractivity contribution in [1.29, 1.82) is 0 Å². The highest BCUT2D eigenvalue weighted by Gasteiger charge is 2.25. The van der Waals surface area contributed by atoms with E-state index in [2.05, 4.69) is 4.72 Å². The fourth-order valence-corrected chi connectivity index (χ4v) is 2.97. The van der Waals surface area contributed by atoms with Gasteiger partial charge in [-0.3, -0.25) is 0 Å². The van der Waals surface area contributed by atoms with Gasteiger partial charge in [0.05, 0.1) is 6.54 Å². The van der Waals surface area contributed by atoms with Gasteiger partial charge in [0.15, 0.2) is 0 Å². The fourth-order valence-electron chi connectivity index (χ4n) is 1.65. The van der Waals surface area contributed by atoms with Gasteiger partial charge in [0.25, 0.3) is 10.0 Å². The maximum atomic E-state index is 12.2. The number of sulfonamides is 1. The third-order valence-electron chi connectivity index (χ3n) is 2.78. The molecule has 0 aliphatic carbocycles. The molecule has 1 aromatic heterocycles. The van der Waals surface area contributed by atoms with Gasteiger partial charge in [0, 0.05) is 12.6 Å². The molecule has 1 atom stereocenters. The van der Waals surface area contributed by atoms with Crippen LogP contribution in [-0.4, -0.2) is 40.0 Å². The zero-order valence-corrected chi connectivity index (χ0v) is 12.7. The zero-order valence-electron chi connectivity index (χ0n) is 11.9. The number of nitrogens with two attached hydrogens (primary N) is 1. The lowest BCUT2D eigenvalue weighted by Gasteiger charge is -2.24. The minimum Gasteiger partial charge on any atom is -0.447 e. The Bertz CT molecular complexity index is 494. The molecule has 19 heavy (non-hydrogen) atoms. The van der Waals surface area contributed by atoms with Crippen molar-refractivity contribution in [3.05, 3.63) is 17.9 Å². The second-order valence-electron chi connectivity index (χ2n) is 5.16. The van der Waals surface area contributed by atoms with Crippen molar-refractivity contribution in [2.45, 2.75) is 31.5 Å². The molecule has 0 radical (unpaired) electrons. The van der Waals surface area contributed by atoms with Gasteiger partial charge in [0.1, 0.15) is 5.76 Å². The number of hydrogen-bond donors (Lipinski definition) is 2. The monoisotopic (exact) mass is 289 g/mol. The van der Waals surface area contributed by atoms with Gasteiger partial charge in [-0.1, -0.05) is 13.8 Å². The van der Waals surface area contributed by atoms with Crippen LogP contribution in [0.3, 0.4) is 0 Å². The molecule has 0 saturated heterocycles. The first-order valence-electron chi connectivity index (χ1n) is 6.22. The highest BCUT2D eigenvalue weighted by Crippen LogP contribution is 2.15. The molecule has 1 aromatic rings. The first kappa shape index (κ1) is 16.2. The van der Waals surface area contributed by atoms with Gasteiger partial charge >= 0.3 is 0 Å². The number of nitrogens with zero attached hydrogens (tertiary/aromatic N) is 1. The summed E-state index contributed by atoms with van der Waals surface area (Å²) < 4.78 is 32.3. The molecule has 110 valence electrons. The summed E-state index contributed by atoms with van der Waals surface area (Å²) in [4.78, 5) is 1.95. The van der Waals surface area contributed by atoms with E-state index >= 15 is 0 Å². The first-order chi connectivity index (χ1) is 8.76. The third-order valence-corrected chi connectivity index (χ3v) is 4.14. The van der Waals surface area contributed by atoms with E-state index in [9.17, 15) is 8.42 Å². The van der Waals surface area contributed by atoms with Crippen molar-refractivity contribution in [3.8, 4) is 0 Å². The Morgan fingerprint density at radius 2 is 2.00 bits per heavy atom. The number of hydrogen-bond acceptors (Lipinski definition) is 5. The van der Waals surface area contributed by atoms with Crippen molar-refractivity contribution >= 4 is 10.0 Å². The maximum Gasteiger partial charge on any atom is 0.274 e. The number of likely N-dealkylation sites (N-methyl/N-ethyl adjacent to an activating group) is 1. The van der Waals surface area contributed by atoms with Crippen LogP contribution < -0.4 is 10.5 Å². The molecule has 3 N–H and O–H groups in total. The van der Waals surface area contributed by atoms with E-state index < -0.39 is 10.0 Å². The largest absolute Gasteiger partial charge is 0.447 e. The molecule has 6 nitrogen and oxygen atoms in total. The Kier molecular flexibility index (Phi) is 5.54. The smallest absolute Gasteiger partial charge is 0.274 e. The second kappa shape index (κ2) is 6.51. The number of nitrogens with one attached hydrogen (secondary N) is 1. The normalized spacial score (nSPS) is 14.3. The fraction of sp³-hybridized carbons (Fsp3) is 0.667. The molecule has 1 unspecified atom stereocenters. The third kappa shape index (κ3) is 4.61. The molecule has 7 heteroatoms. The molecule has 0 aliphatic rings. The predicted molar refractivity (Wildman–Crippen MR) is 74.1 cm³/mol. The van der Waals surface area contributed by atoms with Crippen molar-refractivity contribution in [2.24, 2.45) is 11.7 Å². The van der Waals surface area contributed by atoms with E-state index in [1.54, 1.807) is 6.07 Å². The highest BCUT2D eigenvalue weighted by atomic mass is 32.2. The van der Waals surface area contributed by atoms with Gasteiger partial charge in [-0.05, 0) is 32.1 Å². The van der Waals surface area contributed by atoms with Crippen LogP contribution in [0.15, 0.2) is 21.6 Å². The van der Waals surface area contributed by atoms with Crippen molar-refractivity contribution in [1.82, 2.24) is 9.62 Å². The molecular formula is C12H23N3O3S. The summed E-state index contributed by atoms with van der Waals surface area (Å²) in [6, 6.07) is 2.83. The van der Waals surface area contributed by atoms with E-state index in [0.29, 0.717) is 12.3 Å². The van der Waals surface area contributed by atoms with Crippen LogP contribution in [0.1, 0.15) is 19.6 Å². The van der Waals surface area contributed by atoms with Crippen molar-refractivity contribution < 1.29 is 12.8 Å². The second-order valence-corrected chi connectivity index (χ2v) is 6.80. The molecule has 0 aromatic carbocycles. The summed E-state index contributed by atoms with van der Waals surface area (Å²) in [6.45, 7) is 4.76. The summed E-state index contributed by atoms with van der Waals surface area (Å²) in [7, 11) is 0.173. The lowest BCUT2D eigenvalue weighted by Crippen LogP contribution is -2.44. The molecule has 0 saturated carbocycles. The Morgan fingerprint density at radius 3 is 2.42 bits per heavy atom. The van der Waals surface area contributed by atoms with Gasteiger partial charge in [0.2, 0.25) is 5.09 Å². The lowest BCUT2D eigenvalue weighted by molar-refractivity contribution is 0.311. The van der Waals surface area contributed by atoms with Crippen LogP contribution in [0.25, 0.3) is 0 Å². The van der Waals surface area contributed by atoms with Crippen LogP contribution >= 0.6 is 0 Å². The van der Waals surface area contributed by atoms with Crippen LogP contribution in [-0.2, 0) is 16.6 Å². The Labute approximate surface area is 115 Å². The zero-order chi connectivity index (χ0) is 14.6. The molecule has 1 heterocycles. The average molecular weight is 289 g/mol. The summed E-state index contributed by atoms with van der Waals surface area (Å²) in [5.41, 5.74) is 5.41. The maximum absolute atomic E-state index is 12.2. The standard InChI is InChI=1S/C12H23N3O3S/c1-9(2)11(8-15(3)4)14-19(16,17)12-6-5-10(7-13)18-12/h5-6,9,11,14H,7-8,13H2,1-4H3. The van der Waals surface area contributed by atoms with Crippen molar-refractivity contribution in [3.63, 3.8) is 0 Å². The van der Waals surface area contributed by atoms with Gasteiger partial charge < -0.3 is 15.1 Å².